The van der Waals surface area contributed by atoms with Crippen LogP contribution in [0.4, 0.5) is 0 Å². The molecule has 0 bridgehead atoms. The molecule has 0 spiro atoms. The predicted octanol–water partition coefficient (Wildman–Crippen LogP) is 4.24. The molecule has 122 valence electrons. The number of hydrogen-bond acceptors (Lipinski definition) is 5. The first-order valence-corrected chi connectivity index (χ1v) is 8.08. The smallest absolute Gasteiger partial charge is 0.342 e. The third-order valence-electron chi connectivity index (χ3n) is 3.03. The van der Waals surface area contributed by atoms with E-state index in [1.807, 2.05) is 0 Å². The van der Waals surface area contributed by atoms with E-state index < -0.39 is 5.97 Å². The average molecular weight is 362 g/mol. The van der Waals surface area contributed by atoms with Gasteiger partial charge in [-0.05, 0) is 55.1 Å². The number of nitrogens with one attached hydrogen (secondary N) is 1. The maximum atomic E-state index is 11.4. The maximum Gasteiger partial charge on any atom is 0.342 e. The zero-order chi connectivity index (χ0) is 17.1. The molecule has 0 atom stereocenters. The molecule has 8 heteroatoms. The lowest BCUT2D eigenvalue weighted by molar-refractivity contribution is -0.131. The van der Waals surface area contributed by atoms with Crippen LogP contribution in [0.5, 0.6) is 0 Å². The van der Waals surface area contributed by atoms with Gasteiger partial charge in [0, 0.05) is 16.7 Å². The van der Waals surface area contributed by atoms with Crippen molar-refractivity contribution in [3.05, 3.63) is 57.8 Å². The van der Waals surface area contributed by atoms with Gasteiger partial charge in [-0.25, -0.2) is 9.78 Å². The van der Waals surface area contributed by atoms with Crippen molar-refractivity contribution in [1.29, 1.82) is 0 Å². The number of furan rings is 1. The van der Waals surface area contributed by atoms with Crippen molar-refractivity contribution < 1.29 is 14.3 Å². The molecule has 0 radical (unpaired) electrons. The summed E-state index contributed by atoms with van der Waals surface area (Å²) in [4.78, 5) is 15.8. The maximum absolute atomic E-state index is 11.4. The molecule has 3 aromatic rings. The SMILES string of the molecule is Cc1ccc(/C=C(\Sc2n[nH]c(-c3ccc(Cl)cc3)n2)C(=O)O)o1. The number of halogens is 1. The summed E-state index contributed by atoms with van der Waals surface area (Å²) in [5.74, 6) is 0.629. The molecular formula is C16H12ClN3O3S. The van der Waals surface area contributed by atoms with Gasteiger partial charge in [0.2, 0.25) is 5.16 Å². The summed E-state index contributed by atoms with van der Waals surface area (Å²) in [5.41, 5.74) is 0.807. The second kappa shape index (κ2) is 6.94. The van der Waals surface area contributed by atoms with Gasteiger partial charge in [-0.15, -0.1) is 5.10 Å². The Balaban J connectivity index is 1.82. The third kappa shape index (κ3) is 3.87. The van der Waals surface area contributed by atoms with Crippen LogP contribution < -0.4 is 0 Å². The first kappa shape index (κ1) is 16.4. The van der Waals surface area contributed by atoms with E-state index in [4.69, 9.17) is 16.0 Å². The second-order valence-electron chi connectivity index (χ2n) is 4.84. The number of aliphatic carboxylic acids is 1. The van der Waals surface area contributed by atoms with Crippen LogP contribution in [0.25, 0.3) is 17.5 Å². The summed E-state index contributed by atoms with van der Waals surface area (Å²) in [6, 6.07) is 10.6. The third-order valence-corrected chi connectivity index (χ3v) is 4.16. The summed E-state index contributed by atoms with van der Waals surface area (Å²) in [6.07, 6.45) is 1.44. The minimum atomic E-state index is -1.08. The van der Waals surface area contributed by atoms with Crippen molar-refractivity contribution in [2.45, 2.75) is 12.1 Å². The molecule has 6 nitrogen and oxygen atoms in total. The zero-order valence-corrected chi connectivity index (χ0v) is 14.1. The molecule has 0 saturated carbocycles. The number of thioether (sulfide) groups is 1. The first-order valence-electron chi connectivity index (χ1n) is 6.89. The van der Waals surface area contributed by atoms with E-state index in [-0.39, 0.29) is 4.91 Å². The molecule has 0 aliphatic carbocycles. The molecule has 0 saturated heterocycles. The minimum Gasteiger partial charge on any atom is -0.477 e. The fourth-order valence-electron chi connectivity index (χ4n) is 1.92. The van der Waals surface area contributed by atoms with Crippen molar-refractivity contribution in [1.82, 2.24) is 15.2 Å². The molecule has 24 heavy (non-hydrogen) atoms. The number of rotatable bonds is 5. The van der Waals surface area contributed by atoms with Crippen LogP contribution in [0, 0.1) is 6.92 Å². The molecule has 0 aliphatic heterocycles. The van der Waals surface area contributed by atoms with Gasteiger partial charge in [0.15, 0.2) is 5.82 Å². The molecule has 2 N–H and O–H groups in total. The Bertz CT molecular complexity index is 899. The average Bonchev–Trinajstić information content (AvgIpc) is 3.17. The quantitative estimate of drug-likeness (QED) is 0.521. The lowest BCUT2D eigenvalue weighted by atomic mass is 10.2. The Hall–Kier alpha value is -2.51. The molecule has 0 aliphatic rings. The van der Waals surface area contributed by atoms with Gasteiger partial charge in [-0.1, -0.05) is 11.6 Å². The lowest BCUT2D eigenvalue weighted by Gasteiger charge is -1.97. The number of aryl methyl sites for hydroxylation is 1. The molecule has 0 amide bonds. The van der Waals surface area contributed by atoms with E-state index in [1.165, 1.54) is 6.08 Å². The summed E-state index contributed by atoms with van der Waals surface area (Å²) in [5, 5.41) is 17.1. The fraction of sp³-hybridized carbons (Fsp3) is 0.0625. The highest BCUT2D eigenvalue weighted by molar-refractivity contribution is 8.04. The van der Waals surface area contributed by atoms with Crippen molar-refractivity contribution in [2.75, 3.05) is 0 Å². The number of nitrogens with zero attached hydrogens (tertiary/aromatic N) is 2. The largest absolute Gasteiger partial charge is 0.477 e. The first-order chi connectivity index (χ1) is 11.5. The van der Waals surface area contributed by atoms with Crippen molar-refractivity contribution >= 4 is 35.4 Å². The van der Waals surface area contributed by atoms with E-state index in [2.05, 4.69) is 15.2 Å². The number of aromatic amines is 1. The van der Waals surface area contributed by atoms with E-state index in [0.29, 0.717) is 27.5 Å². The van der Waals surface area contributed by atoms with Gasteiger partial charge in [0.25, 0.3) is 0 Å². The highest BCUT2D eigenvalue weighted by atomic mass is 35.5. The zero-order valence-electron chi connectivity index (χ0n) is 12.5. The Labute approximate surface area is 146 Å². The van der Waals surface area contributed by atoms with Crippen LogP contribution in [0.2, 0.25) is 5.02 Å². The summed E-state index contributed by atoms with van der Waals surface area (Å²) in [7, 11) is 0. The predicted molar refractivity (Wildman–Crippen MR) is 91.7 cm³/mol. The van der Waals surface area contributed by atoms with Gasteiger partial charge >= 0.3 is 5.97 Å². The molecule has 2 aromatic heterocycles. The molecule has 2 heterocycles. The standard InChI is InChI=1S/C16H12ClN3O3S/c1-9-2-7-12(23-9)8-13(15(21)22)24-16-18-14(19-20-16)10-3-5-11(17)6-4-10/h2-8H,1H3,(H,21,22)(H,18,19,20)/b13-8-. The van der Waals surface area contributed by atoms with E-state index >= 15 is 0 Å². The fourth-order valence-corrected chi connectivity index (χ4v) is 2.74. The van der Waals surface area contributed by atoms with E-state index in [0.717, 1.165) is 17.3 Å². The molecule has 0 unspecified atom stereocenters. The lowest BCUT2D eigenvalue weighted by Crippen LogP contribution is -1.97. The van der Waals surface area contributed by atoms with Crippen LogP contribution in [0.1, 0.15) is 11.5 Å². The van der Waals surface area contributed by atoms with Gasteiger partial charge in [-0.2, -0.15) is 0 Å². The van der Waals surface area contributed by atoms with Gasteiger partial charge < -0.3 is 9.52 Å². The van der Waals surface area contributed by atoms with E-state index in [9.17, 15) is 9.90 Å². The molecule has 0 fully saturated rings. The highest BCUT2D eigenvalue weighted by Gasteiger charge is 2.15. The van der Waals surface area contributed by atoms with Crippen LogP contribution in [-0.4, -0.2) is 26.3 Å². The molecule has 1 aromatic carbocycles. The van der Waals surface area contributed by atoms with Crippen molar-refractivity contribution in [2.24, 2.45) is 0 Å². The molecular weight excluding hydrogens is 350 g/mol. The normalized spacial score (nSPS) is 11.7. The van der Waals surface area contributed by atoms with Gasteiger partial charge in [0.05, 0.1) is 0 Å². The minimum absolute atomic E-state index is 0.0611. The number of hydrogen-bond donors (Lipinski definition) is 2. The Morgan fingerprint density at radius 2 is 2.04 bits per heavy atom. The number of H-pyrrole nitrogens is 1. The summed E-state index contributed by atoms with van der Waals surface area (Å²) < 4.78 is 5.37. The monoisotopic (exact) mass is 361 g/mol. The summed E-state index contributed by atoms with van der Waals surface area (Å²) in [6.45, 7) is 1.79. The van der Waals surface area contributed by atoms with E-state index in [1.54, 1.807) is 43.3 Å². The Kier molecular flexibility index (Phi) is 4.73. The number of carboxylic acid groups (broad SMARTS) is 1. The highest BCUT2D eigenvalue weighted by Crippen LogP contribution is 2.28. The molecule has 3 rings (SSSR count). The van der Waals surface area contributed by atoms with Crippen LogP contribution >= 0.6 is 23.4 Å². The number of benzene rings is 1. The topological polar surface area (TPSA) is 92.0 Å². The second-order valence-corrected chi connectivity index (χ2v) is 6.28. The van der Waals surface area contributed by atoms with Crippen molar-refractivity contribution in [3.8, 4) is 11.4 Å². The van der Waals surface area contributed by atoms with Crippen LogP contribution in [0.3, 0.4) is 0 Å². The number of carbonyl (C=O) groups is 1. The van der Waals surface area contributed by atoms with Gasteiger partial charge in [-0.3, -0.25) is 5.10 Å². The Morgan fingerprint density at radius 1 is 1.29 bits per heavy atom. The number of carboxylic acids is 1. The van der Waals surface area contributed by atoms with Gasteiger partial charge in [0.1, 0.15) is 16.4 Å². The van der Waals surface area contributed by atoms with Crippen LogP contribution in [0.15, 0.2) is 50.9 Å². The number of aromatic nitrogens is 3. The Morgan fingerprint density at radius 3 is 2.67 bits per heavy atom. The van der Waals surface area contributed by atoms with Crippen LogP contribution in [-0.2, 0) is 4.79 Å². The summed E-state index contributed by atoms with van der Waals surface area (Å²) >= 11 is 6.80. The van der Waals surface area contributed by atoms with Crippen molar-refractivity contribution in [3.63, 3.8) is 0 Å².